The van der Waals surface area contributed by atoms with E-state index in [2.05, 4.69) is 0 Å². The molecule has 0 spiro atoms. The quantitative estimate of drug-likeness (QED) is 0.434. The maximum atomic E-state index is 13.1. The van der Waals surface area contributed by atoms with E-state index in [0.717, 1.165) is 10.5 Å². The van der Waals surface area contributed by atoms with Gasteiger partial charge in [0, 0.05) is 12.1 Å². The van der Waals surface area contributed by atoms with Gasteiger partial charge in [-0.15, -0.1) is 0 Å². The molecule has 0 N–H and O–H groups in total. The normalized spacial score (nSPS) is 14.2. The molecule has 7 nitrogen and oxygen atoms in total. The Hall–Kier alpha value is -3.48. The third kappa shape index (κ3) is 5.53. The van der Waals surface area contributed by atoms with Crippen LogP contribution in [0.2, 0.25) is 0 Å². The number of ether oxygens (including phenoxy) is 1. The summed E-state index contributed by atoms with van der Waals surface area (Å²) in [5.74, 6) is -2.13. The van der Waals surface area contributed by atoms with E-state index in [-0.39, 0.29) is 29.4 Å². The fraction of sp³-hybridized carbons (Fsp3) is 0.407. The van der Waals surface area contributed by atoms with Gasteiger partial charge in [-0.1, -0.05) is 56.3 Å². The van der Waals surface area contributed by atoms with Crippen LogP contribution in [-0.2, 0) is 20.9 Å². The van der Waals surface area contributed by atoms with Crippen LogP contribution < -0.4 is 0 Å². The Balaban J connectivity index is 1.75. The molecule has 1 unspecified atom stereocenters. The summed E-state index contributed by atoms with van der Waals surface area (Å²) in [5, 5.41) is 0. The second kappa shape index (κ2) is 10.2. The van der Waals surface area contributed by atoms with E-state index in [0.29, 0.717) is 6.54 Å². The molecule has 0 fully saturated rings. The molecule has 1 heterocycles. The second-order valence-electron chi connectivity index (χ2n) is 9.92. The molecule has 3 rings (SSSR count). The maximum absolute atomic E-state index is 13.1. The third-order valence-corrected chi connectivity index (χ3v) is 5.74. The molecule has 1 aliphatic rings. The van der Waals surface area contributed by atoms with Gasteiger partial charge in [0.05, 0.1) is 11.1 Å². The second-order valence-corrected chi connectivity index (χ2v) is 9.92. The van der Waals surface area contributed by atoms with Gasteiger partial charge in [0.1, 0.15) is 6.04 Å². The zero-order valence-electron chi connectivity index (χ0n) is 20.4. The smallest absolute Gasteiger partial charge is 0.329 e. The molecular weight excluding hydrogens is 432 g/mol. The highest BCUT2D eigenvalue weighted by atomic mass is 16.5. The number of esters is 1. The molecule has 3 amide bonds. The topological polar surface area (TPSA) is 84.0 Å². The fourth-order valence-corrected chi connectivity index (χ4v) is 4.02. The van der Waals surface area contributed by atoms with Crippen LogP contribution in [0.3, 0.4) is 0 Å². The van der Waals surface area contributed by atoms with Crippen LogP contribution in [0.5, 0.6) is 0 Å². The molecule has 0 radical (unpaired) electrons. The minimum atomic E-state index is -1.10. The Bertz CT molecular complexity index is 1040. The molecule has 2 aromatic rings. The minimum Gasteiger partial charge on any atom is -0.454 e. The largest absolute Gasteiger partial charge is 0.454 e. The molecule has 180 valence electrons. The van der Waals surface area contributed by atoms with Gasteiger partial charge < -0.3 is 9.64 Å². The van der Waals surface area contributed by atoms with Crippen LogP contribution in [0.4, 0.5) is 0 Å². The predicted octanol–water partition coefficient (Wildman–Crippen LogP) is 4.07. The highest BCUT2D eigenvalue weighted by molar-refractivity contribution is 6.22. The van der Waals surface area contributed by atoms with E-state index < -0.39 is 36.0 Å². The van der Waals surface area contributed by atoms with E-state index in [1.807, 2.05) is 65.0 Å². The summed E-state index contributed by atoms with van der Waals surface area (Å²) in [6.07, 6.45) is 0.242. The van der Waals surface area contributed by atoms with Crippen molar-refractivity contribution in [3.63, 3.8) is 0 Å². The Morgan fingerprint density at radius 2 is 1.44 bits per heavy atom. The van der Waals surface area contributed by atoms with Crippen LogP contribution in [0.25, 0.3) is 0 Å². The zero-order valence-corrected chi connectivity index (χ0v) is 20.4. The number of amides is 3. The van der Waals surface area contributed by atoms with E-state index in [1.165, 1.54) is 0 Å². The van der Waals surface area contributed by atoms with Gasteiger partial charge in [-0.25, -0.2) is 4.79 Å². The van der Waals surface area contributed by atoms with Crippen molar-refractivity contribution in [1.82, 2.24) is 9.80 Å². The molecule has 34 heavy (non-hydrogen) atoms. The number of hydrogen-bond acceptors (Lipinski definition) is 5. The standard InChI is InChI=1S/C27H32N2O5/c1-18(2)15-22(29-24(31)20-13-9-10-14-21(20)25(29)32)26(33)34-17-23(30)28(27(3,4)5)16-19-11-7-6-8-12-19/h6-14,18,22H,15-17H2,1-5H3. The van der Waals surface area contributed by atoms with Gasteiger partial charge in [0.2, 0.25) is 0 Å². The van der Waals surface area contributed by atoms with Crippen LogP contribution in [0.15, 0.2) is 54.6 Å². The Labute approximate surface area is 200 Å². The van der Waals surface area contributed by atoms with Crippen molar-refractivity contribution in [1.29, 1.82) is 0 Å². The highest BCUT2D eigenvalue weighted by Crippen LogP contribution is 2.27. The van der Waals surface area contributed by atoms with Crippen molar-refractivity contribution in [3.05, 3.63) is 71.3 Å². The van der Waals surface area contributed by atoms with Gasteiger partial charge in [-0.3, -0.25) is 19.3 Å². The number of carbonyl (C=O) groups is 4. The first-order valence-corrected chi connectivity index (χ1v) is 11.5. The number of hydrogen-bond donors (Lipinski definition) is 0. The van der Waals surface area contributed by atoms with Crippen molar-refractivity contribution >= 4 is 23.7 Å². The van der Waals surface area contributed by atoms with Crippen LogP contribution in [0, 0.1) is 5.92 Å². The molecule has 1 aliphatic heterocycles. The van der Waals surface area contributed by atoms with E-state index in [9.17, 15) is 19.2 Å². The molecule has 0 saturated carbocycles. The molecule has 0 saturated heterocycles. The number of imide groups is 1. The van der Waals surface area contributed by atoms with Crippen molar-refractivity contribution in [2.45, 2.75) is 59.2 Å². The lowest BCUT2D eigenvalue weighted by Crippen LogP contribution is -2.49. The number of nitrogens with zero attached hydrogens (tertiary/aromatic N) is 2. The summed E-state index contributed by atoms with van der Waals surface area (Å²) in [7, 11) is 0. The number of rotatable bonds is 8. The highest BCUT2D eigenvalue weighted by Gasteiger charge is 2.43. The maximum Gasteiger partial charge on any atom is 0.329 e. The molecule has 0 bridgehead atoms. The van der Waals surface area contributed by atoms with E-state index in [1.54, 1.807) is 29.2 Å². The van der Waals surface area contributed by atoms with Gasteiger partial charge in [-0.2, -0.15) is 0 Å². The first kappa shape index (κ1) is 25.1. The molecule has 0 aliphatic carbocycles. The van der Waals surface area contributed by atoms with E-state index >= 15 is 0 Å². The summed E-state index contributed by atoms with van der Waals surface area (Å²) in [6.45, 7) is 9.42. The predicted molar refractivity (Wildman–Crippen MR) is 128 cm³/mol. The first-order chi connectivity index (χ1) is 16.0. The molecule has 7 heteroatoms. The Morgan fingerprint density at radius 3 is 1.94 bits per heavy atom. The summed E-state index contributed by atoms with van der Waals surface area (Å²) in [6, 6.07) is 15.0. The SMILES string of the molecule is CC(C)CC(C(=O)OCC(=O)N(Cc1ccccc1)C(C)(C)C)N1C(=O)c2ccccc2C1=O. The number of benzene rings is 2. The molecule has 2 aromatic carbocycles. The van der Waals surface area contributed by atoms with Crippen molar-refractivity contribution in [2.24, 2.45) is 5.92 Å². The summed E-state index contributed by atoms with van der Waals surface area (Å²) >= 11 is 0. The van der Waals surface area contributed by atoms with Crippen LogP contribution >= 0.6 is 0 Å². The first-order valence-electron chi connectivity index (χ1n) is 11.5. The van der Waals surface area contributed by atoms with Crippen LogP contribution in [0.1, 0.15) is 67.3 Å². The van der Waals surface area contributed by atoms with Crippen molar-refractivity contribution in [3.8, 4) is 0 Å². The summed E-state index contributed by atoms with van der Waals surface area (Å²) < 4.78 is 5.41. The Morgan fingerprint density at radius 1 is 0.912 bits per heavy atom. The zero-order chi connectivity index (χ0) is 25.0. The van der Waals surface area contributed by atoms with E-state index in [4.69, 9.17) is 4.74 Å². The molecule has 1 atom stereocenters. The van der Waals surface area contributed by atoms with Crippen LogP contribution in [-0.4, -0.2) is 51.7 Å². The molecule has 0 aromatic heterocycles. The lowest BCUT2D eigenvalue weighted by Gasteiger charge is -2.36. The third-order valence-electron chi connectivity index (χ3n) is 5.74. The fourth-order valence-electron chi connectivity index (χ4n) is 4.02. The average molecular weight is 465 g/mol. The van der Waals surface area contributed by atoms with Gasteiger partial charge in [0.15, 0.2) is 6.61 Å². The number of fused-ring (bicyclic) bond motifs is 1. The minimum absolute atomic E-state index is 0.0155. The van der Waals surface area contributed by atoms with Gasteiger partial charge in [0.25, 0.3) is 17.7 Å². The summed E-state index contributed by atoms with van der Waals surface area (Å²) in [4.78, 5) is 54.7. The van der Waals surface area contributed by atoms with Gasteiger partial charge in [-0.05, 0) is 50.8 Å². The monoisotopic (exact) mass is 464 g/mol. The molecular formula is C27H32N2O5. The lowest BCUT2D eigenvalue weighted by atomic mass is 10.0. The Kier molecular flexibility index (Phi) is 7.54. The summed E-state index contributed by atoms with van der Waals surface area (Å²) in [5.41, 5.74) is 0.999. The number of carbonyl (C=O) groups excluding carboxylic acids is 4. The average Bonchev–Trinajstić information content (AvgIpc) is 3.04. The lowest BCUT2D eigenvalue weighted by molar-refractivity contribution is -0.157. The van der Waals surface area contributed by atoms with Crippen molar-refractivity contribution < 1.29 is 23.9 Å². The van der Waals surface area contributed by atoms with Gasteiger partial charge >= 0.3 is 5.97 Å². The van der Waals surface area contributed by atoms with Crippen molar-refractivity contribution in [2.75, 3.05) is 6.61 Å².